The molecular weight excluding hydrogens is 178 g/mol. The second kappa shape index (κ2) is 6.02. The van der Waals surface area contributed by atoms with Gasteiger partial charge in [-0.15, -0.1) is 0 Å². The molecule has 0 aliphatic rings. The molecule has 0 fully saturated rings. The van der Waals surface area contributed by atoms with Gasteiger partial charge >= 0.3 is 5.97 Å². The summed E-state index contributed by atoms with van der Waals surface area (Å²) >= 11 is 0. The van der Waals surface area contributed by atoms with Gasteiger partial charge < -0.3 is 10.1 Å². The van der Waals surface area contributed by atoms with Crippen molar-refractivity contribution in [1.82, 2.24) is 5.32 Å². The Bertz CT molecular complexity index is 180. The van der Waals surface area contributed by atoms with Crippen LogP contribution in [0.1, 0.15) is 40.5 Å². The smallest absolute Gasteiger partial charge is 0.326 e. The Morgan fingerprint density at radius 2 is 2.07 bits per heavy atom. The maximum absolute atomic E-state index is 11.7. The molecule has 14 heavy (non-hydrogen) atoms. The molecule has 0 saturated carbocycles. The van der Waals surface area contributed by atoms with E-state index in [1.807, 2.05) is 20.8 Å². The normalized spacial score (nSPS) is 15.3. The first-order valence-corrected chi connectivity index (χ1v) is 5.32. The van der Waals surface area contributed by atoms with E-state index in [0.29, 0.717) is 12.5 Å². The summed E-state index contributed by atoms with van der Waals surface area (Å²) in [5.41, 5.74) is -0.524. The number of carbonyl (C=O) groups is 1. The fourth-order valence-corrected chi connectivity index (χ4v) is 1.23. The van der Waals surface area contributed by atoms with Crippen LogP contribution in [0.5, 0.6) is 0 Å². The first-order chi connectivity index (χ1) is 6.46. The number of ether oxygens (including phenoxy) is 1. The summed E-state index contributed by atoms with van der Waals surface area (Å²) in [5, 5.41) is 3.03. The molecule has 0 aliphatic carbocycles. The zero-order valence-electron chi connectivity index (χ0n) is 10.0. The molecule has 0 bridgehead atoms. The summed E-state index contributed by atoms with van der Waals surface area (Å²) in [7, 11) is 1.80. The summed E-state index contributed by atoms with van der Waals surface area (Å²) in [4.78, 5) is 11.7. The van der Waals surface area contributed by atoms with Crippen LogP contribution < -0.4 is 5.32 Å². The molecule has 0 aromatic carbocycles. The molecule has 0 rings (SSSR count). The van der Waals surface area contributed by atoms with E-state index in [9.17, 15) is 4.79 Å². The van der Waals surface area contributed by atoms with Crippen LogP contribution in [0, 0.1) is 5.92 Å². The van der Waals surface area contributed by atoms with Crippen molar-refractivity contribution in [3.05, 3.63) is 0 Å². The summed E-state index contributed by atoms with van der Waals surface area (Å²) in [6.07, 6.45) is 1.77. The maximum atomic E-state index is 11.7. The second-order valence-electron chi connectivity index (χ2n) is 4.32. The molecule has 0 aliphatic heterocycles. The summed E-state index contributed by atoms with van der Waals surface area (Å²) in [5.74, 6) is 0.247. The number of hydrogen-bond donors (Lipinski definition) is 1. The van der Waals surface area contributed by atoms with Crippen LogP contribution in [-0.4, -0.2) is 25.2 Å². The fourth-order valence-electron chi connectivity index (χ4n) is 1.23. The van der Waals surface area contributed by atoms with Crippen LogP contribution >= 0.6 is 0 Å². The molecule has 0 aromatic rings. The quantitative estimate of drug-likeness (QED) is 0.668. The molecule has 1 unspecified atom stereocenters. The van der Waals surface area contributed by atoms with Crippen LogP contribution in [0.25, 0.3) is 0 Å². The van der Waals surface area contributed by atoms with Gasteiger partial charge in [0.1, 0.15) is 5.54 Å². The van der Waals surface area contributed by atoms with Gasteiger partial charge in [0.15, 0.2) is 0 Å². The lowest BCUT2D eigenvalue weighted by molar-refractivity contribution is -0.152. The van der Waals surface area contributed by atoms with Gasteiger partial charge in [-0.1, -0.05) is 27.2 Å². The average molecular weight is 201 g/mol. The van der Waals surface area contributed by atoms with Crippen molar-refractivity contribution >= 4 is 5.97 Å². The third-order valence-corrected chi connectivity index (χ3v) is 2.30. The van der Waals surface area contributed by atoms with Crippen LogP contribution in [0.3, 0.4) is 0 Å². The lowest BCUT2D eigenvalue weighted by Gasteiger charge is -2.26. The Hall–Kier alpha value is -0.570. The Kier molecular flexibility index (Phi) is 5.77. The first kappa shape index (κ1) is 13.4. The van der Waals surface area contributed by atoms with Gasteiger partial charge in [0.2, 0.25) is 0 Å². The summed E-state index contributed by atoms with van der Waals surface area (Å²) in [6.45, 7) is 8.51. The zero-order valence-corrected chi connectivity index (χ0v) is 10.0. The Morgan fingerprint density at radius 3 is 2.43 bits per heavy atom. The van der Waals surface area contributed by atoms with Gasteiger partial charge in [0.05, 0.1) is 6.61 Å². The van der Waals surface area contributed by atoms with E-state index in [-0.39, 0.29) is 5.97 Å². The number of esters is 1. The van der Waals surface area contributed by atoms with E-state index in [1.54, 1.807) is 7.05 Å². The van der Waals surface area contributed by atoms with E-state index >= 15 is 0 Å². The number of nitrogens with one attached hydrogen (secondary N) is 1. The standard InChI is InChI=1S/C11H23NO2/c1-6-7-11(4,12-5)10(13)14-8-9(2)3/h9,12H,6-8H2,1-5H3. The minimum atomic E-state index is -0.524. The van der Waals surface area contributed by atoms with Gasteiger partial charge in [-0.3, -0.25) is 4.79 Å². The third-order valence-electron chi connectivity index (χ3n) is 2.30. The van der Waals surface area contributed by atoms with Crippen molar-refractivity contribution in [2.24, 2.45) is 5.92 Å². The average Bonchev–Trinajstić information content (AvgIpc) is 2.14. The van der Waals surface area contributed by atoms with Crippen LogP contribution in [-0.2, 0) is 9.53 Å². The third kappa shape index (κ3) is 4.09. The van der Waals surface area contributed by atoms with E-state index in [2.05, 4.69) is 12.2 Å². The highest BCUT2D eigenvalue weighted by Gasteiger charge is 2.31. The predicted molar refractivity (Wildman–Crippen MR) is 58.2 cm³/mol. The zero-order chi connectivity index (χ0) is 11.2. The highest BCUT2D eigenvalue weighted by molar-refractivity contribution is 5.80. The van der Waals surface area contributed by atoms with E-state index in [1.165, 1.54) is 0 Å². The summed E-state index contributed by atoms with van der Waals surface area (Å²) in [6, 6.07) is 0. The highest BCUT2D eigenvalue weighted by Crippen LogP contribution is 2.14. The van der Waals surface area contributed by atoms with Crippen molar-refractivity contribution in [1.29, 1.82) is 0 Å². The maximum Gasteiger partial charge on any atom is 0.326 e. The van der Waals surface area contributed by atoms with Crippen molar-refractivity contribution < 1.29 is 9.53 Å². The minimum Gasteiger partial charge on any atom is -0.464 e. The lowest BCUT2D eigenvalue weighted by atomic mass is 9.97. The molecule has 3 nitrogen and oxygen atoms in total. The molecule has 0 aromatic heterocycles. The molecule has 1 atom stereocenters. The monoisotopic (exact) mass is 201 g/mol. The van der Waals surface area contributed by atoms with E-state index in [0.717, 1.165) is 12.8 Å². The van der Waals surface area contributed by atoms with Gasteiger partial charge in [-0.2, -0.15) is 0 Å². The lowest BCUT2D eigenvalue weighted by Crippen LogP contribution is -2.48. The van der Waals surface area contributed by atoms with E-state index in [4.69, 9.17) is 4.74 Å². The fraction of sp³-hybridized carbons (Fsp3) is 0.909. The molecule has 0 saturated heterocycles. The van der Waals surface area contributed by atoms with Gasteiger partial charge in [-0.25, -0.2) is 0 Å². The molecule has 0 heterocycles. The van der Waals surface area contributed by atoms with Gasteiger partial charge in [0, 0.05) is 0 Å². The molecule has 3 heteroatoms. The number of rotatable bonds is 6. The predicted octanol–water partition coefficient (Wildman–Crippen LogP) is 1.96. The molecule has 0 amide bonds. The van der Waals surface area contributed by atoms with Crippen molar-refractivity contribution in [3.8, 4) is 0 Å². The molecule has 1 N–H and O–H groups in total. The van der Waals surface area contributed by atoms with Crippen LogP contribution in [0.2, 0.25) is 0 Å². The van der Waals surface area contributed by atoms with Crippen molar-refractivity contribution in [2.75, 3.05) is 13.7 Å². The van der Waals surface area contributed by atoms with Crippen molar-refractivity contribution in [2.45, 2.75) is 46.1 Å². The first-order valence-electron chi connectivity index (χ1n) is 5.32. The second-order valence-corrected chi connectivity index (χ2v) is 4.32. The van der Waals surface area contributed by atoms with Crippen molar-refractivity contribution in [3.63, 3.8) is 0 Å². The minimum absolute atomic E-state index is 0.143. The summed E-state index contributed by atoms with van der Waals surface area (Å²) < 4.78 is 5.21. The number of carbonyl (C=O) groups excluding carboxylic acids is 1. The largest absolute Gasteiger partial charge is 0.464 e. The molecule has 0 radical (unpaired) electrons. The van der Waals surface area contributed by atoms with Crippen LogP contribution in [0.15, 0.2) is 0 Å². The molecular formula is C11H23NO2. The van der Waals surface area contributed by atoms with Crippen LogP contribution in [0.4, 0.5) is 0 Å². The Morgan fingerprint density at radius 1 is 1.50 bits per heavy atom. The van der Waals surface area contributed by atoms with Gasteiger partial charge in [0.25, 0.3) is 0 Å². The topological polar surface area (TPSA) is 38.3 Å². The number of likely N-dealkylation sites (N-methyl/N-ethyl adjacent to an activating group) is 1. The Balaban J connectivity index is 4.16. The molecule has 84 valence electrons. The highest BCUT2D eigenvalue weighted by atomic mass is 16.5. The molecule has 0 spiro atoms. The Labute approximate surface area is 87.2 Å². The SMILES string of the molecule is CCCC(C)(NC)C(=O)OCC(C)C. The number of hydrogen-bond acceptors (Lipinski definition) is 3. The van der Waals surface area contributed by atoms with Gasteiger partial charge in [-0.05, 0) is 26.3 Å². The van der Waals surface area contributed by atoms with E-state index < -0.39 is 5.54 Å².